The summed E-state index contributed by atoms with van der Waals surface area (Å²) in [6, 6.07) is 14.4. The average molecular weight is 399 g/mol. The molecule has 0 unspecified atom stereocenters. The van der Waals surface area contributed by atoms with Gasteiger partial charge in [0.15, 0.2) is 0 Å². The molecule has 2 N–H and O–H groups in total. The van der Waals surface area contributed by atoms with E-state index in [0.717, 1.165) is 50.0 Å². The summed E-state index contributed by atoms with van der Waals surface area (Å²) in [6.45, 7) is 3.35. The second-order valence-electron chi connectivity index (χ2n) is 7.60. The Morgan fingerprint density at radius 2 is 1.90 bits per heavy atom. The predicted molar refractivity (Wildman–Crippen MR) is 120 cm³/mol. The molecule has 29 heavy (non-hydrogen) atoms. The molecule has 0 fully saturated rings. The second-order valence-corrected chi connectivity index (χ2v) is 7.60. The molecule has 0 radical (unpaired) electrons. The molecular formula is C24H34N2O3. The summed E-state index contributed by atoms with van der Waals surface area (Å²) in [5.41, 5.74) is 1.21. The van der Waals surface area contributed by atoms with Crippen LogP contribution >= 0.6 is 0 Å². The highest BCUT2D eigenvalue weighted by atomic mass is 16.5. The third-order valence-electron chi connectivity index (χ3n) is 4.75. The first kappa shape index (κ1) is 22.9. The van der Waals surface area contributed by atoms with Gasteiger partial charge in [0.25, 0.3) is 0 Å². The van der Waals surface area contributed by atoms with E-state index in [-0.39, 0.29) is 6.42 Å². The van der Waals surface area contributed by atoms with Gasteiger partial charge in [-0.2, -0.15) is 0 Å². The van der Waals surface area contributed by atoms with Gasteiger partial charge in [0.1, 0.15) is 12.4 Å². The van der Waals surface area contributed by atoms with E-state index in [2.05, 4.69) is 48.6 Å². The third-order valence-corrected chi connectivity index (χ3v) is 4.75. The van der Waals surface area contributed by atoms with Crippen LogP contribution in [0, 0.1) is 0 Å². The maximum Gasteiger partial charge on any atom is 0.303 e. The summed E-state index contributed by atoms with van der Waals surface area (Å²) in [6.07, 6.45) is 6.00. The van der Waals surface area contributed by atoms with Crippen LogP contribution in [-0.4, -0.2) is 56.3 Å². The maximum absolute atomic E-state index is 10.7. The molecule has 5 nitrogen and oxygen atoms in total. The molecule has 158 valence electrons. The first-order chi connectivity index (χ1) is 14.1. The number of ether oxygens (including phenoxy) is 1. The zero-order valence-corrected chi connectivity index (χ0v) is 17.7. The minimum Gasteiger partial charge on any atom is -0.489 e. The smallest absolute Gasteiger partial charge is 0.303 e. The Kier molecular flexibility index (Phi) is 10.2. The van der Waals surface area contributed by atoms with Crippen LogP contribution in [0.4, 0.5) is 0 Å². The van der Waals surface area contributed by atoms with Crippen LogP contribution in [0.1, 0.15) is 32.1 Å². The van der Waals surface area contributed by atoms with Gasteiger partial charge in [0.05, 0.1) is 0 Å². The Morgan fingerprint density at radius 1 is 1.10 bits per heavy atom. The zero-order valence-electron chi connectivity index (χ0n) is 17.7. The number of aliphatic carboxylic acids is 1. The summed E-state index contributed by atoms with van der Waals surface area (Å²) in [7, 11) is 4.17. The van der Waals surface area contributed by atoms with Gasteiger partial charge in [-0.3, -0.25) is 4.79 Å². The van der Waals surface area contributed by atoms with Crippen molar-refractivity contribution < 1.29 is 14.6 Å². The van der Waals surface area contributed by atoms with Crippen LogP contribution in [0.15, 0.2) is 54.1 Å². The minimum absolute atomic E-state index is 0.235. The quantitative estimate of drug-likeness (QED) is 0.366. The summed E-state index contributed by atoms with van der Waals surface area (Å²) in [5, 5.41) is 14.6. The van der Waals surface area contributed by atoms with Gasteiger partial charge < -0.3 is 20.1 Å². The van der Waals surface area contributed by atoms with E-state index in [9.17, 15) is 4.79 Å². The van der Waals surface area contributed by atoms with Gasteiger partial charge >= 0.3 is 5.97 Å². The van der Waals surface area contributed by atoms with Crippen LogP contribution < -0.4 is 10.1 Å². The molecule has 2 aromatic rings. The molecule has 5 heteroatoms. The Morgan fingerprint density at radius 3 is 2.69 bits per heavy atom. The molecule has 0 aliphatic carbocycles. The minimum atomic E-state index is -0.726. The van der Waals surface area contributed by atoms with Gasteiger partial charge in [0.2, 0.25) is 0 Å². The standard InChI is InChI=1S/C24H34N2O3/c1-26(2)17-9-16-25-18-20(10-4-3-5-15-24(27)28)19-29-23-14-8-12-21-11-6-7-13-22(21)23/h6-8,10-14,25H,3-5,9,15-19H2,1-2H3,(H,27,28)/b20-10+. The average Bonchev–Trinajstić information content (AvgIpc) is 2.70. The molecule has 0 amide bonds. The van der Waals surface area contributed by atoms with E-state index >= 15 is 0 Å². The highest BCUT2D eigenvalue weighted by Gasteiger charge is 2.04. The van der Waals surface area contributed by atoms with E-state index < -0.39 is 5.97 Å². The molecule has 2 rings (SSSR count). The van der Waals surface area contributed by atoms with Crippen LogP contribution in [0.5, 0.6) is 5.75 Å². The summed E-state index contributed by atoms with van der Waals surface area (Å²) in [5.74, 6) is 0.170. The number of nitrogens with one attached hydrogen (secondary N) is 1. The van der Waals surface area contributed by atoms with Gasteiger partial charge in [0, 0.05) is 18.4 Å². The number of carboxylic acid groups (broad SMARTS) is 1. The molecule has 0 aliphatic heterocycles. The van der Waals surface area contributed by atoms with Gasteiger partial charge in [-0.25, -0.2) is 0 Å². The first-order valence-corrected chi connectivity index (χ1v) is 10.4. The highest BCUT2D eigenvalue weighted by molar-refractivity contribution is 5.88. The van der Waals surface area contributed by atoms with Crippen LogP contribution in [0.25, 0.3) is 10.8 Å². The number of carboxylic acids is 1. The van der Waals surface area contributed by atoms with Crippen molar-refractivity contribution in [2.45, 2.75) is 32.1 Å². The fourth-order valence-electron chi connectivity index (χ4n) is 3.17. The summed E-state index contributed by atoms with van der Waals surface area (Å²) < 4.78 is 6.16. The lowest BCUT2D eigenvalue weighted by atomic mass is 10.1. The summed E-state index contributed by atoms with van der Waals surface area (Å²) in [4.78, 5) is 12.8. The fourth-order valence-corrected chi connectivity index (χ4v) is 3.17. The normalized spacial score (nSPS) is 11.9. The molecule has 0 aliphatic rings. The second kappa shape index (κ2) is 13.0. The molecule has 0 bridgehead atoms. The van der Waals surface area contributed by atoms with Crippen molar-refractivity contribution in [2.24, 2.45) is 0 Å². The number of unbranched alkanes of at least 4 members (excludes halogenated alkanes) is 2. The number of hydrogen-bond donors (Lipinski definition) is 2. The molecule has 0 atom stereocenters. The number of nitrogens with zero attached hydrogens (tertiary/aromatic N) is 1. The number of hydrogen-bond acceptors (Lipinski definition) is 4. The Hall–Kier alpha value is -2.37. The van der Waals surface area contributed by atoms with Gasteiger partial charge in [-0.1, -0.05) is 42.5 Å². The number of allylic oxidation sites excluding steroid dienone is 1. The zero-order chi connectivity index (χ0) is 20.9. The molecule has 0 heterocycles. The lowest BCUT2D eigenvalue weighted by molar-refractivity contribution is -0.137. The number of fused-ring (bicyclic) bond motifs is 1. The SMILES string of the molecule is CN(C)CCCNC/C(=C\CCCCC(=O)O)COc1cccc2ccccc12. The Labute approximate surface area is 174 Å². The summed E-state index contributed by atoms with van der Waals surface area (Å²) >= 11 is 0. The third kappa shape index (κ3) is 9.11. The van der Waals surface area contributed by atoms with Gasteiger partial charge in [-0.05, 0) is 69.9 Å². The van der Waals surface area contributed by atoms with Crippen LogP contribution in [-0.2, 0) is 4.79 Å². The van der Waals surface area contributed by atoms with E-state index in [0.29, 0.717) is 13.0 Å². The molecule has 0 aromatic heterocycles. The Balaban J connectivity index is 1.91. The van der Waals surface area contributed by atoms with E-state index in [4.69, 9.17) is 9.84 Å². The lowest BCUT2D eigenvalue weighted by Gasteiger charge is -2.14. The first-order valence-electron chi connectivity index (χ1n) is 10.4. The van der Waals surface area contributed by atoms with Crippen molar-refractivity contribution in [3.63, 3.8) is 0 Å². The largest absolute Gasteiger partial charge is 0.489 e. The molecule has 0 spiro atoms. The molecular weight excluding hydrogens is 364 g/mol. The van der Waals surface area contributed by atoms with Crippen molar-refractivity contribution in [1.82, 2.24) is 10.2 Å². The maximum atomic E-state index is 10.7. The highest BCUT2D eigenvalue weighted by Crippen LogP contribution is 2.25. The monoisotopic (exact) mass is 398 g/mol. The van der Waals surface area contributed by atoms with Crippen LogP contribution in [0.3, 0.4) is 0 Å². The fraction of sp³-hybridized carbons (Fsp3) is 0.458. The Bertz CT molecular complexity index is 781. The van der Waals surface area contributed by atoms with Crippen molar-refractivity contribution in [3.05, 3.63) is 54.1 Å². The van der Waals surface area contributed by atoms with Gasteiger partial charge in [-0.15, -0.1) is 0 Å². The van der Waals surface area contributed by atoms with Crippen molar-refractivity contribution in [3.8, 4) is 5.75 Å². The van der Waals surface area contributed by atoms with E-state index in [1.807, 2.05) is 24.3 Å². The van der Waals surface area contributed by atoms with E-state index in [1.54, 1.807) is 0 Å². The predicted octanol–water partition coefficient (Wildman–Crippen LogP) is 4.33. The number of carbonyl (C=O) groups is 1. The van der Waals surface area contributed by atoms with E-state index in [1.165, 1.54) is 11.0 Å². The topological polar surface area (TPSA) is 61.8 Å². The molecule has 2 aromatic carbocycles. The lowest BCUT2D eigenvalue weighted by Crippen LogP contribution is -2.24. The number of rotatable bonds is 14. The van der Waals surface area contributed by atoms with Crippen molar-refractivity contribution in [2.75, 3.05) is 40.3 Å². The molecule has 0 saturated carbocycles. The molecule has 0 saturated heterocycles. The number of benzene rings is 2. The van der Waals surface area contributed by atoms with Crippen LogP contribution in [0.2, 0.25) is 0 Å². The van der Waals surface area contributed by atoms with Crippen molar-refractivity contribution >= 4 is 16.7 Å². The van der Waals surface area contributed by atoms with Crippen molar-refractivity contribution in [1.29, 1.82) is 0 Å².